The van der Waals surface area contributed by atoms with Crippen LogP contribution in [-0.4, -0.2) is 31.5 Å². The van der Waals surface area contributed by atoms with E-state index in [0.717, 1.165) is 29.3 Å². The zero-order valence-corrected chi connectivity index (χ0v) is 11.5. The van der Waals surface area contributed by atoms with Crippen molar-refractivity contribution in [3.63, 3.8) is 0 Å². The second-order valence-corrected chi connectivity index (χ2v) is 4.33. The number of anilines is 1. The fourth-order valence-electron chi connectivity index (χ4n) is 1.62. The lowest BCUT2D eigenvalue weighted by atomic mass is 10.2. The average molecular weight is 297 g/mol. The minimum atomic E-state index is 0.684. The molecule has 2 heterocycles. The second kappa shape index (κ2) is 4.79. The van der Waals surface area contributed by atoms with Gasteiger partial charge in [0.25, 0.3) is 0 Å². The van der Waals surface area contributed by atoms with Crippen LogP contribution in [-0.2, 0) is 7.05 Å². The Morgan fingerprint density at radius 1 is 1.41 bits per heavy atom. The number of aryl methyl sites for hydroxylation is 1. The maximum atomic E-state index is 4.30. The molecule has 0 fully saturated rings. The van der Waals surface area contributed by atoms with Crippen LogP contribution in [0.2, 0.25) is 0 Å². The predicted molar refractivity (Wildman–Crippen MR) is 68.6 cm³/mol. The fraction of sp³-hybridized carbons (Fsp3) is 0.400. The number of hydrogen-bond donors (Lipinski definition) is 1. The third kappa shape index (κ3) is 2.14. The summed E-state index contributed by atoms with van der Waals surface area (Å²) in [5, 5.41) is 11.1. The summed E-state index contributed by atoms with van der Waals surface area (Å²) in [6.07, 6.45) is 1.54. The molecule has 0 saturated heterocycles. The average Bonchev–Trinajstić information content (AvgIpc) is 2.63. The molecule has 0 saturated carbocycles. The molecule has 7 heteroatoms. The van der Waals surface area contributed by atoms with E-state index in [1.165, 1.54) is 0 Å². The van der Waals surface area contributed by atoms with Crippen LogP contribution < -0.4 is 5.32 Å². The molecule has 0 aliphatic rings. The SMILES string of the molecule is CCNc1ncnc(-c2c(Br)nnn2C)c1C. The number of nitrogens with one attached hydrogen (secondary N) is 1. The van der Waals surface area contributed by atoms with E-state index in [1.54, 1.807) is 11.0 Å². The number of nitrogens with zero attached hydrogens (tertiary/aromatic N) is 5. The highest BCUT2D eigenvalue weighted by atomic mass is 79.9. The molecule has 6 nitrogen and oxygen atoms in total. The number of rotatable bonds is 3. The summed E-state index contributed by atoms with van der Waals surface area (Å²) in [5.41, 5.74) is 2.67. The lowest BCUT2D eigenvalue weighted by molar-refractivity contribution is 0.718. The van der Waals surface area contributed by atoms with Crippen LogP contribution in [0.5, 0.6) is 0 Å². The molecule has 2 aromatic heterocycles. The van der Waals surface area contributed by atoms with Crippen molar-refractivity contribution in [2.75, 3.05) is 11.9 Å². The van der Waals surface area contributed by atoms with Gasteiger partial charge in [0.2, 0.25) is 0 Å². The van der Waals surface area contributed by atoms with Crippen LogP contribution in [0, 0.1) is 6.92 Å². The molecule has 90 valence electrons. The molecular formula is C10H13BrN6. The second-order valence-electron chi connectivity index (χ2n) is 3.58. The van der Waals surface area contributed by atoms with Gasteiger partial charge in [-0.05, 0) is 29.8 Å². The van der Waals surface area contributed by atoms with Crippen molar-refractivity contribution in [1.82, 2.24) is 25.0 Å². The largest absolute Gasteiger partial charge is 0.370 e. The third-order valence-electron chi connectivity index (χ3n) is 2.44. The predicted octanol–water partition coefficient (Wildman–Crippen LogP) is 1.77. The van der Waals surface area contributed by atoms with Crippen molar-refractivity contribution in [3.05, 3.63) is 16.5 Å². The van der Waals surface area contributed by atoms with E-state index in [9.17, 15) is 0 Å². The summed E-state index contributed by atoms with van der Waals surface area (Å²) in [4.78, 5) is 8.51. The molecule has 1 N–H and O–H groups in total. The Kier molecular flexibility index (Phi) is 3.37. The summed E-state index contributed by atoms with van der Waals surface area (Å²) >= 11 is 3.38. The standard InChI is InChI=1S/C10H13BrN6/c1-4-12-10-6(2)7(13-5-14-10)8-9(11)15-16-17(8)3/h5H,4H2,1-3H3,(H,12,13,14). The highest BCUT2D eigenvalue weighted by Gasteiger charge is 2.16. The smallest absolute Gasteiger partial charge is 0.157 e. The van der Waals surface area contributed by atoms with E-state index in [4.69, 9.17) is 0 Å². The Morgan fingerprint density at radius 2 is 2.18 bits per heavy atom. The molecule has 2 aromatic rings. The van der Waals surface area contributed by atoms with Crippen molar-refractivity contribution in [1.29, 1.82) is 0 Å². The first-order chi connectivity index (χ1) is 8.15. The maximum Gasteiger partial charge on any atom is 0.157 e. The van der Waals surface area contributed by atoms with E-state index in [0.29, 0.717) is 4.60 Å². The number of halogens is 1. The fourth-order valence-corrected chi connectivity index (χ4v) is 2.13. The normalized spacial score (nSPS) is 10.6. The van der Waals surface area contributed by atoms with Gasteiger partial charge in [0.05, 0.1) is 5.69 Å². The van der Waals surface area contributed by atoms with Gasteiger partial charge >= 0.3 is 0 Å². The molecular weight excluding hydrogens is 284 g/mol. The Morgan fingerprint density at radius 3 is 2.76 bits per heavy atom. The van der Waals surface area contributed by atoms with Gasteiger partial charge in [-0.1, -0.05) is 5.21 Å². The molecule has 0 aliphatic carbocycles. The Bertz CT molecular complexity index is 516. The summed E-state index contributed by atoms with van der Waals surface area (Å²) in [7, 11) is 1.83. The molecule has 0 unspecified atom stereocenters. The van der Waals surface area contributed by atoms with E-state index in [1.807, 2.05) is 20.9 Å². The van der Waals surface area contributed by atoms with Crippen LogP contribution in [0.1, 0.15) is 12.5 Å². The minimum Gasteiger partial charge on any atom is -0.370 e. The molecule has 0 aliphatic heterocycles. The van der Waals surface area contributed by atoms with Gasteiger partial charge in [-0.3, -0.25) is 0 Å². The summed E-state index contributed by atoms with van der Waals surface area (Å²) in [5.74, 6) is 0.839. The zero-order chi connectivity index (χ0) is 12.4. The summed E-state index contributed by atoms with van der Waals surface area (Å²) in [6, 6.07) is 0. The molecule has 2 rings (SSSR count). The molecule has 0 aromatic carbocycles. The third-order valence-corrected chi connectivity index (χ3v) is 2.97. The van der Waals surface area contributed by atoms with Crippen LogP contribution in [0.4, 0.5) is 5.82 Å². The van der Waals surface area contributed by atoms with Crippen LogP contribution in [0.3, 0.4) is 0 Å². The molecule has 0 atom stereocenters. The van der Waals surface area contributed by atoms with Gasteiger partial charge in [-0.15, -0.1) is 5.10 Å². The van der Waals surface area contributed by atoms with E-state index >= 15 is 0 Å². The van der Waals surface area contributed by atoms with Crippen molar-refractivity contribution in [3.8, 4) is 11.4 Å². The topological polar surface area (TPSA) is 68.5 Å². The van der Waals surface area contributed by atoms with Crippen molar-refractivity contribution >= 4 is 21.7 Å². The Hall–Kier alpha value is -1.50. The van der Waals surface area contributed by atoms with Crippen LogP contribution in [0.25, 0.3) is 11.4 Å². The first-order valence-electron chi connectivity index (χ1n) is 5.26. The Labute approximate surface area is 108 Å². The van der Waals surface area contributed by atoms with Gasteiger partial charge in [-0.2, -0.15) is 0 Å². The van der Waals surface area contributed by atoms with Gasteiger partial charge in [0.1, 0.15) is 17.8 Å². The summed E-state index contributed by atoms with van der Waals surface area (Å²) < 4.78 is 2.37. The van der Waals surface area contributed by atoms with Gasteiger partial charge in [0.15, 0.2) is 4.60 Å². The molecule has 0 spiro atoms. The van der Waals surface area contributed by atoms with E-state index in [-0.39, 0.29) is 0 Å². The Balaban J connectivity index is 2.56. The van der Waals surface area contributed by atoms with Gasteiger partial charge < -0.3 is 5.32 Å². The van der Waals surface area contributed by atoms with Crippen molar-refractivity contribution < 1.29 is 0 Å². The number of aromatic nitrogens is 5. The van der Waals surface area contributed by atoms with Crippen molar-refractivity contribution in [2.45, 2.75) is 13.8 Å². The molecule has 17 heavy (non-hydrogen) atoms. The maximum absolute atomic E-state index is 4.30. The lowest BCUT2D eigenvalue weighted by Gasteiger charge is -2.09. The molecule has 0 radical (unpaired) electrons. The lowest BCUT2D eigenvalue weighted by Crippen LogP contribution is -2.05. The quantitative estimate of drug-likeness (QED) is 0.935. The minimum absolute atomic E-state index is 0.684. The van der Waals surface area contributed by atoms with E-state index in [2.05, 4.69) is 41.5 Å². The van der Waals surface area contributed by atoms with Crippen molar-refractivity contribution in [2.24, 2.45) is 7.05 Å². The highest BCUT2D eigenvalue weighted by Crippen LogP contribution is 2.28. The first-order valence-corrected chi connectivity index (χ1v) is 6.05. The first kappa shape index (κ1) is 12.0. The monoisotopic (exact) mass is 296 g/mol. The van der Waals surface area contributed by atoms with Gasteiger partial charge in [0, 0.05) is 19.2 Å². The zero-order valence-electron chi connectivity index (χ0n) is 9.90. The highest BCUT2D eigenvalue weighted by molar-refractivity contribution is 9.10. The number of hydrogen-bond acceptors (Lipinski definition) is 5. The van der Waals surface area contributed by atoms with Crippen LogP contribution in [0.15, 0.2) is 10.9 Å². The molecule has 0 bridgehead atoms. The summed E-state index contributed by atoms with van der Waals surface area (Å²) in [6.45, 7) is 4.83. The van der Waals surface area contributed by atoms with E-state index < -0.39 is 0 Å². The van der Waals surface area contributed by atoms with Crippen LogP contribution >= 0.6 is 15.9 Å². The molecule has 0 amide bonds. The van der Waals surface area contributed by atoms with Gasteiger partial charge in [-0.25, -0.2) is 14.6 Å².